The van der Waals surface area contributed by atoms with Gasteiger partial charge >= 0.3 is 0 Å². The zero-order chi connectivity index (χ0) is 14.3. The zero-order valence-electron chi connectivity index (χ0n) is 12.5. The van der Waals surface area contributed by atoms with Crippen LogP contribution in [-0.4, -0.2) is 27.6 Å². The fourth-order valence-electron chi connectivity index (χ4n) is 1.89. The highest BCUT2D eigenvalue weighted by Crippen LogP contribution is 2.11. The number of hydrogen-bond donors (Lipinski definition) is 2. The summed E-state index contributed by atoms with van der Waals surface area (Å²) >= 11 is 0. The molecule has 0 bridgehead atoms. The first-order valence-corrected chi connectivity index (χ1v) is 7.28. The Morgan fingerprint density at radius 2 is 2.11 bits per heavy atom. The van der Waals surface area contributed by atoms with E-state index < -0.39 is 0 Å². The largest absolute Gasteiger partial charge is 0.349 e. The lowest BCUT2D eigenvalue weighted by Crippen LogP contribution is -2.30. The highest BCUT2D eigenvalue weighted by molar-refractivity contribution is 5.90. The Kier molecular flexibility index (Phi) is 6.53. The van der Waals surface area contributed by atoms with Crippen molar-refractivity contribution in [3.63, 3.8) is 0 Å². The Balaban J connectivity index is 2.45. The van der Waals surface area contributed by atoms with E-state index in [1.165, 1.54) is 19.3 Å². The standard InChI is InChI=1S/C14H26N4O/c1-5-7-8-11(6-2)9-15-14(19)13-16-12(10(3)4)17-18-13/h10-11H,5-9H2,1-4H3,(H,15,19)(H,16,17,18). The molecule has 1 rings (SSSR count). The Bertz CT molecular complexity index is 387. The SMILES string of the molecule is CCCCC(CC)CNC(=O)c1n[nH]c(C(C)C)n1. The van der Waals surface area contributed by atoms with Gasteiger partial charge in [0.15, 0.2) is 0 Å². The molecule has 1 aromatic heterocycles. The number of hydrogen-bond acceptors (Lipinski definition) is 3. The lowest BCUT2D eigenvalue weighted by molar-refractivity contribution is 0.0935. The first-order chi connectivity index (χ1) is 9.08. The van der Waals surface area contributed by atoms with Gasteiger partial charge in [0.05, 0.1) is 0 Å². The summed E-state index contributed by atoms with van der Waals surface area (Å²) in [6.07, 6.45) is 4.67. The third-order valence-corrected chi connectivity index (χ3v) is 3.35. The van der Waals surface area contributed by atoms with Crippen LogP contribution in [0.5, 0.6) is 0 Å². The van der Waals surface area contributed by atoms with Crippen LogP contribution in [0.4, 0.5) is 0 Å². The lowest BCUT2D eigenvalue weighted by Gasteiger charge is -2.14. The molecule has 0 saturated heterocycles. The highest BCUT2D eigenvalue weighted by atomic mass is 16.2. The molecular weight excluding hydrogens is 240 g/mol. The van der Waals surface area contributed by atoms with Crippen LogP contribution in [-0.2, 0) is 0 Å². The van der Waals surface area contributed by atoms with E-state index in [0.29, 0.717) is 12.5 Å². The highest BCUT2D eigenvalue weighted by Gasteiger charge is 2.15. The van der Waals surface area contributed by atoms with Crippen molar-refractivity contribution in [3.05, 3.63) is 11.6 Å². The zero-order valence-corrected chi connectivity index (χ0v) is 12.5. The second-order valence-electron chi connectivity index (χ2n) is 5.33. The van der Waals surface area contributed by atoms with Crippen molar-refractivity contribution in [2.24, 2.45) is 5.92 Å². The Hall–Kier alpha value is -1.39. The number of carbonyl (C=O) groups is 1. The normalized spacial score (nSPS) is 12.7. The van der Waals surface area contributed by atoms with Crippen molar-refractivity contribution in [3.8, 4) is 0 Å². The minimum absolute atomic E-state index is 0.182. The van der Waals surface area contributed by atoms with Gasteiger partial charge in [0, 0.05) is 12.5 Å². The van der Waals surface area contributed by atoms with Crippen LogP contribution < -0.4 is 5.32 Å². The number of unbranched alkanes of at least 4 members (excludes halogenated alkanes) is 1. The summed E-state index contributed by atoms with van der Waals surface area (Å²) in [6, 6.07) is 0. The minimum Gasteiger partial charge on any atom is -0.349 e. The smallest absolute Gasteiger partial charge is 0.290 e. The van der Waals surface area contributed by atoms with E-state index in [9.17, 15) is 4.79 Å². The molecule has 1 amide bonds. The summed E-state index contributed by atoms with van der Waals surface area (Å²) < 4.78 is 0. The van der Waals surface area contributed by atoms with Crippen molar-refractivity contribution in [2.75, 3.05) is 6.54 Å². The number of H-pyrrole nitrogens is 1. The molecular formula is C14H26N4O. The number of amides is 1. The summed E-state index contributed by atoms with van der Waals surface area (Å²) in [7, 11) is 0. The predicted molar refractivity (Wildman–Crippen MR) is 76.1 cm³/mol. The van der Waals surface area contributed by atoms with E-state index in [1.54, 1.807) is 0 Å². The monoisotopic (exact) mass is 266 g/mol. The molecule has 1 unspecified atom stereocenters. The van der Waals surface area contributed by atoms with E-state index in [0.717, 1.165) is 12.2 Å². The number of nitrogens with one attached hydrogen (secondary N) is 2. The predicted octanol–water partition coefficient (Wildman–Crippen LogP) is 2.87. The molecule has 0 fully saturated rings. The molecule has 19 heavy (non-hydrogen) atoms. The number of carbonyl (C=O) groups excluding carboxylic acids is 1. The van der Waals surface area contributed by atoms with E-state index >= 15 is 0 Å². The fourth-order valence-corrected chi connectivity index (χ4v) is 1.89. The van der Waals surface area contributed by atoms with Gasteiger partial charge in [-0.05, 0) is 12.3 Å². The van der Waals surface area contributed by atoms with Gasteiger partial charge in [0.1, 0.15) is 5.82 Å². The van der Waals surface area contributed by atoms with Crippen molar-refractivity contribution in [1.82, 2.24) is 20.5 Å². The third-order valence-electron chi connectivity index (χ3n) is 3.35. The summed E-state index contributed by atoms with van der Waals surface area (Å²) in [5.74, 6) is 1.62. The molecule has 0 saturated carbocycles. The molecule has 0 spiro atoms. The number of aromatic amines is 1. The van der Waals surface area contributed by atoms with Gasteiger partial charge in [-0.1, -0.05) is 47.0 Å². The molecule has 1 heterocycles. The van der Waals surface area contributed by atoms with Gasteiger partial charge in [0.2, 0.25) is 5.82 Å². The van der Waals surface area contributed by atoms with Crippen LogP contribution in [0.25, 0.3) is 0 Å². The molecule has 0 aliphatic heterocycles. The van der Waals surface area contributed by atoms with Crippen LogP contribution >= 0.6 is 0 Å². The molecule has 1 aromatic rings. The Morgan fingerprint density at radius 1 is 1.37 bits per heavy atom. The maximum absolute atomic E-state index is 11.9. The Morgan fingerprint density at radius 3 is 2.63 bits per heavy atom. The molecule has 5 nitrogen and oxygen atoms in total. The van der Waals surface area contributed by atoms with Gasteiger partial charge < -0.3 is 5.32 Å². The van der Waals surface area contributed by atoms with Gasteiger partial charge in [-0.15, -0.1) is 5.10 Å². The average Bonchev–Trinajstić information content (AvgIpc) is 2.88. The lowest BCUT2D eigenvalue weighted by atomic mass is 9.99. The second kappa shape index (κ2) is 7.92. The van der Waals surface area contributed by atoms with Crippen molar-refractivity contribution in [1.29, 1.82) is 0 Å². The third kappa shape index (κ3) is 5.01. The van der Waals surface area contributed by atoms with Crippen LogP contribution in [0.15, 0.2) is 0 Å². The van der Waals surface area contributed by atoms with E-state index in [4.69, 9.17) is 0 Å². The van der Waals surface area contributed by atoms with Crippen LogP contribution in [0, 0.1) is 5.92 Å². The minimum atomic E-state index is -0.182. The van der Waals surface area contributed by atoms with Crippen molar-refractivity contribution in [2.45, 2.75) is 59.3 Å². The van der Waals surface area contributed by atoms with Gasteiger partial charge in [0.25, 0.3) is 5.91 Å². The molecule has 5 heteroatoms. The second-order valence-corrected chi connectivity index (χ2v) is 5.33. The first-order valence-electron chi connectivity index (χ1n) is 7.28. The van der Waals surface area contributed by atoms with Crippen LogP contribution in [0.3, 0.4) is 0 Å². The van der Waals surface area contributed by atoms with Crippen LogP contribution in [0.2, 0.25) is 0 Å². The number of aromatic nitrogens is 3. The maximum atomic E-state index is 11.9. The summed E-state index contributed by atoms with van der Waals surface area (Å²) in [4.78, 5) is 16.1. The first kappa shape index (κ1) is 15.7. The van der Waals surface area contributed by atoms with Crippen molar-refractivity contribution >= 4 is 5.91 Å². The molecule has 108 valence electrons. The summed E-state index contributed by atoms with van der Waals surface area (Å²) in [5.41, 5.74) is 0. The quantitative estimate of drug-likeness (QED) is 0.760. The number of nitrogens with zero attached hydrogens (tertiary/aromatic N) is 2. The average molecular weight is 266 g/mol. The van der Waals surface area contributed by atoms with Crippen LogP contribution in [0.1, 0.15) is 75.7 Å². The fraction of sp³-hybridized carbons (Fsp3) is 0.786. The summed E-state index contributed by atoms with van der Waals surface area (Å²) in [6.45, 7) is 9.09. The van der Waals surface area contributed by atoms with Gasteiger partial charge in [-0.3, -0.25) is 9.89 Å². The molecule has 2 N–H and O–H groups in total. The van der Waals surface area contributed by atoms with E-state index in [2.05, 4.69) is 34.3 Å². The van der Waals surface area contributed by atoms with E-state index in [1.807, 2.05) is 13.8 Å². The van der Waals surface area contributed by atoms with Crippen molar-refractivity contribution < 1.29 is 4.79 Å². The Labute approximate surface area is 115 Å². The van der Waals surface area contributed by atoms with E-state index in [-0.39, 0.29) is 17.6 Å². The molecule has 1 atom stereocenters. The molecule has 0 radical (unpaired) electrons. The molecule has 0 aliphatic carbocycles. The van der Waals surface area contributed by atoms with Gasteiger partial charge in [-0.2, -0.15) is 0 Å². The number of rotatable bonds is 8. The summed E-state index contributed by atoms with van der Waals surface area (Å²) in [5, 5.41) is 9.68. The molecule has 0 aromatic carbocycles. The molecule has 0 aliphatic rings. The topological polar surface area (TPSA) is 70.7 Å². The maximum Gasteiger partial charge on any atom is 0.290 e. The van der Waals surface area contributed by atoms with Gasteiger partial charge in [-0.25, -0.2) is 4.98 Å².